The number of fused-ring (bicyclic) bond motifs is 7. The predicted molar refractivity (Wildman–Crippen MR) is 169 cm³/mol. The Morgan fingerprint density at radius 3 is 2.21 bits per heavy atom. The molecule has 0 spiro atoms. The van der Waals surface area contributed by atoms with Gasteiger partial charge >= 0.3 is 0 Å². The molecule has 0 N–H and O–H groups in total. The van der Waals surface area contributed by atoms with E-state index in [0.717, 1.165) is 49.8 Å². The van der Waals surface area contributed by atoms with Crippen LogP contribution in [0.5, 0.6) is 0 Å². The Balaban J connectivity index is 0.000000191. The van der Waals surface area contributed by atoms with Gasteiger partial charge in [-0.05, 0) is 53.0 Å². The monoisotopic (exact) mass is 719 g/mol. The molecule has 4 heteroatoms. The fraction of sp³-hybridized carbons (Fsp3) is 0.0526. The molecule has 1 radical (unpaired) electrons. The van der Waals surface area contributed by atoms with E-state index in [-0.39, 0.29) is 20.1 Å². The zero-order valence-corrected chi connectivity index (χ0v) is 25.6. The van der Waals surface area contributed by atoms with Gasteiger partial charge in [0.1, 0.15) is 5.58 Å². The summed E-state index contributed by atoms with van der Waals surface area (Å²) in [6.45, 7) is 4.11. The molecular weight excluding hydrogens is 693 g/mol. The number of hydrogen-bond acceptors (Lipinski definition) is 3. The molecule has 0 bridgehead atoms. The average molecular weight is 719 g/mol. The first-order valence-electron chi connectivity index (χ1n) is 13.7. The van der Waals surface area contributed by atoms with E-state index in [4.69, 9.17) is 4.42 Å². The van der Waals surface area contributed by atoms with Crippen LogP contribution < -0.4 is 0 Å². The van der Waals surface area contributed by atoms with Crippen LogP contribution in [0.3, 0.4) is 0 Å². The maximum atomic E-state index is 6.53. The molecule has 0 saturated heterocycles. The average Bonchev–Trinajstić information content (AvgIpc) is 3.41. The van der Waals surface area contributed by atoms with Crippen molar-refractivity contribution in [1.82, 2.24) is 9.97 Å². The van der Waals surface area contributed by atoms with Gasteiger partial charge in [0.15, 0.2) is 0 Å². The summed E-state index contributed by atoms with van der Waals surface area (Å²) in [4.78, 5) is 8.87. The molecule has 3 nitrogen and oxygen atoms in total. The van der Waals surface area contributed by atoms with Crippen LogP contribution in [0.1, 0.15) is 11.1 Å². The summed E-state index contributed by atoms with van der Waals surface area (Å²) in [5, 5.41) is 7.00. The van der Waals surface area contributed by atoms with Crippen LogP contribution in [0.2, 0.25) is 0 Å². The molecule has 0 amide bonds. The molecule has 5 aromatic carbocycles. The topological polar surface area (TPSA) is 38.9 Å². The zero-order valence-electron chi connectivity index (χ0n) is 23.2. The minimum absolute atomic E-state index is 0. The fourth-order valence-corrected chi connectivity index (χ4v) is 5.33. The third-order valence-electron chi connectivity index (χ3n) is 7.37. The van der Waals surface area contributed by atoms with Crippen molar-refractivity contribution in [3.63, 3.8) is 0 Å². The van der Waals surface area contributed by atoms with E-state index in [0.29, 0.717) is 0 Å². The van der Waals surface area contributed by atoms with Gasteiger partial charge in [-0.3, -0.25) is 0 Å². The Labute approximate surface area is 258 Å². The molecule has 8 aromatic rings. The Kier molecular flexibility index (Phi) is 7.67. The van der Waals surface area contributed by atoms with E-state index in [2.05, 4.69) is 95.8 Å². The van der Waals surface area contributed by atoms with Crippen LogP contribution in [-0.2, 0) is 20.1 Å². The van der Waals surface area contributed by atoms with E-state index in [1.165, 1.54) is 27.3 Å². The molecule has 3 aromatic heterocycles. The molecule has 0 unspecified atom stereocenters. The smallest absolute Gasteiger partial charge is 0.129 e. The quantitative estimate of drug-likeness (QED) is 0.132. The molecule has 0 aliphatic carbocycles. The minimum Gasteiger partial charge on any atom is -0.500 e. The van der Waals surface area contributed by atoms with Gasteiger partial charge in [-0.25, -0.2) is 0 Å². The number of aryl methyl sites for hydroxylation is 2. The number of rotatable bonds is 2. The Hall–Kier alpha value is -4.63. The van der Waals surface area contributed by atoms with Crippen molar-refractivity contribution < 1.29 is 24.5 Å². The van der Waals surface area contributed by atoms with Gasteiger partial charge in [0.05, 0.1) is 5.58 Å². The molecule has 8 rings (SSSR count). The molecule has 205 valence electrons. The molecule has 3 heterocycles. The summed E-state index contributed by atoms with van der Waals surface area (Å²) < 4.78 is 6.53. The van der Waals surface area contributed by atoms with Gasteiger partial charge in [0, 0.05) is 43.3 Å². The van der Waals surface area contributed by atoms with Gasteiger partial charge in [-0.2, -0.15) is 0 Å². The Morgan fingerprint density at radius 2 is 1.40 bits per heavy atom. The molecule has 42 heavy (non-hydrogen) atoms. The fourth-order valence-electron chi connectivity index (χ4n) is 5.33. The second-order valence-corrected chi connectivity index (χ2v) is 10.2. The number of benzene rings is 5. The van der Waals surface area contributed by atoms with Crippen molar-refractivity contribution >= 4 is 43.5 Å². The number of furan rings is 1. The molecule has 0 saturated carbocycles. The van der Waals surface area contributed by atoms with Crippen LogP contribution in [0, 0.1) is 26.0 Å². The summed E-state index contributed by atoms with van der Waals surface area (Å²) in [6.07, 6.45) is 3.71. The second kappa shape index (κ2) is 11.7. The normalized spacial score (nSPS) is 10.9. The van der Waals surface area contributed by atoms with Gasteiger partial charge in [-0.1, -0.05) is 83.2 Å². The SMILES string of the molecule is Cc1ccc(-c2[c-]cccc2)nc1.Cc1ccnc(-c2[c-]ccc3c2oc2c3ccc3ccc4ccccc4c32)c1.[Ir]. The number of nitrogens with zero attached hydrogens (tertiary/aromatic N) is 2. The van der Waals surface area contributed by atoms with E-state index in [1.807, 2.05) is 61.8 Å². The van der Waals surface area contributed by atoms with Crippen LogP contribution in [0.25, 0.3) is 66.0 Å². The van der Waals surface area contributed by atoms with Crippen molar-refractivity contribution in [3.05, 3.63) is 145 Å². The van der Waals surface area contributed by atoms with E-state index >= 15 is 0 Å². The molecule has 0 atom stereocenters. The predicted octanol–water partition coefficient (Wildman–Crippen LogP) is 9.92. The Bertz CT molecular complexity index is 2170. The summed E-state index contributed by atoms with van der Waals surface area (Å²) in [5.41, 5.74) is 7.94. The maximum absolute atomic E-state index is 6.53. The summed E-state index contributed by atoms with van der Waals surface area (Å²) >= 11 is 0. The van der Waals surface area contributed by atoms with Crippen molar-refractivity contribution in [2.24, 2.45) is 0 Å². The first-order valence-corrected chi connectivity index (χ1v) is 13.7. The van der Waals surface area contributed by atoms with E-state index < -0.39 is 0 Å². The van der Waals surface area contributed by atoms with Crippen LogP contribution >= 0.6 is 0 Å². The number of pyridine rings is 2. The number of hydrogen-bond donors (Lipinski definition) is 0. The van der Waals surface area contributed by atoms with Gasteiger partial charge < -0.3 is 14.4 Å². The van der Waals surface area contributed by atoms with Crippen LogP contribution in [0.15, 0.2) is 126 Å². The molecule has 0 fully saturated rings. The van der Waals surface area contributed by atoms with E-state index in [9.17, 15) is 0 Å². The van der Waals surface area contributed by atoms with Crippen molar-refractivity contribution in [3.8, 4) is 22.5 Å². The van der Waals surface area contributed by atoms with Crippen molar-refractivity contribution in [2.75, 3.05) is 0 Å². The molecule has 0 aliphatic rings. The summed E-state index contributed by atoms with van der Waals surface area (Å²) in [7, 11) is 0. The van der Waals surface area contributed by atoms with Crippen molar-refractivity contribution in [1.29, 1.82) is 0 Å². The van der Waals surface area contributed by atoms with E-state index in [1.54, 1.807) is 0 Å². The Morgan fingerprint density at radius 1 is 0.595 bits per heavy atom. The third-order valence-corrected chi connectivity index (χ3v) is 7.37. The zero-order chi connectivity index (χ0) is 27.8. The standard InChI is InChI=1S/C26H16NO.C12H10N.Ir/c1-16-13-14-27-23(15-16)22-8-4-7-20-21-12-11-18-10-9-17-5-2-3-6-19(17)24(18)26(21)28-25(20)22;1-10-7-8-12(13-9-10)11-5-3-2-4-6-11;/h2-7,9-15H,1H3;2-5,7-9H,1H3;/q2*-1;. The van der Waals surface area contributed by atoms with Crippen LogP contribution in [-0.4, -0.2) is 9.97 Å². The largest absolute Gasteiger partial charge is 0.500 e. The minimum atomic E-state index is 0. The molecular formula is C38H26IrN2O-2. The van der Waals surface area contributed by atoms with Crippen molar-refractivity contribution in [2.45, 2.75) is 13.8 Å². The van der Waals surface area contributed by atoms with Gasteiger partial charge in [0.2, 0.25) is 0 Å². The first kappa shape index (κ1) is 27.5. The molecule has 0 aliphatic heterocycles. The van der Waals surface area contributed by atoms with Gasteiger partial charge in [0.25, 0.3) is 0 Å². The van der Waals surface area contributed by atoms with Crippen LogP contribution in [0.4, 0.5) is 0 Å². The maximum Gasteiger partial charge on any atom is 0.129 e. The third kappa shape index (κ3) is 5.12. The second-order valence-electron chi connectivity index (χ2n) is 10.2. The summed E-state index contributed by atoms with van der Waals surface area (Å²) in [5.74, 6) is 0. The summed E-state index contributed by atoms with van der Waals surface area (Å²) in [6, 6.07) is 43.7. The first-order chi connectivity index (χ1) is 20.2. The number of aromatic nitrogens is 2. The van der Waals surface area contributed by atoms with Gasteiger partial charge in [-0.15, -0.1) is 54.1 Å².